The van der Waals surface area contributed by atoms with Crippen molar-refractivity contribution in [2.75, 3.05) is 66.5 Å². The minimum Gasteiger partial charge on any atom is -0.469 e. The summed E-state index contributed by atoms with van der Waals surface area (Å²) in [6, 6.07) is 0. The van der Waals surface area contributed by atoms with Gasteiger partial charge in [-0.3, -0.25) is 4.79 Å². The molecule has 8 heteroatoms. The molecular formula is C12H26ClNO6. The fourth-order valence-corrected chi connectivity index (χ4v) is 1.10. The second-order valence-electron chi connectivity index (χ2n) is 3.56. The molecule has 0 aromatic rings. The molecule has 0 unspecified atom stereocenters. The van der Waals surface area contributed by atoms with E-state index in [2.05, 4.69) is 4.74 Å². The molecule has 0 saturated heterocycles. The van der Waals surface area contributed by atoms with Crippen LogP contribution in [0.3, 0.4) is 0 Å². The fourth-order valence-electron chi connectivity index (χ4n) is 1.10. The zero-order valence-corrected chi connectivity index (χ0v) is 12.8. The van der Waals surface area contributed by atoms with E-state index in [0.29, 0.717) is 59.4 Å². The first-order valence-corrected chi connectivity index (χ1v) is 6.39. The third-order valence-corrected chi connectivity index (χ3v) is 2.06. The van der Waals surface area contributed by atoms with Gasteiger partial charge >= 0.3 is 5.97 Å². The van der Waals surface area contributed by atoms with Gasteiger partial charge in [-0.15, -0.1) is 12.4 Å². The van der Waals surface area contributed by atoms with Crippen LogP contribution in [0.1, 0.15) is 6.42 Å². The molecule has 20 heavy (non-hydrogen) atoms. The lowest BCUT2D eigenvalue weighted by Crippen LogP contribution is -2.14. The highest BCUT2D eigenvalue weighted by molar-refractivity contribution is 5.85. The van der Waals surface area contributed by atoms with Gasteiger partial charge in [-0.05, 0) is 0 Å². The van der Waals surface area contributed by atoms with Gasteiger partial charge < -0.3 is 29.4 Å². The van der Waals surface area contributed by atoms with E-state index >= 15 is 0 Å². The number of carbonyl (C=O) groups is 1. The lowest BCUT2D eigenvalue weighted by molar-refractivity contribution is -0.141. The Kier molecular flexibility index (Phi) is 20.3. The maximum atomic E-state index is 10.7. The van der Waals surface area contributed by atoms with Crippen LogP contribution >= 0.6 is 12.4 Å². The molecule has 0 amide bonds. The molecule has 0 aliphatic heterocycles. The van der Waals surface area contributed by atoms with E-state index in [1.54, 1.807) is 0 Å². The molecule has 0 saturated carbocycles. The van der Waals surface area contributed by atoms with Crippen LogP contribution in [0.15, 0.2) is 0 Å². The second kappa shape index (κ2) is 18.6. The van der Waals surface area contributed by atoms with E-state index in [-0.39, 0.29) is 24.8 Å². The summed E-state index contributed by atoms with van der Waals surface area (Å²) in [4.78, 5) is 10.7. The summed E-state index contributed by atoms with van der Waals surface area (Å²) in [6.45, 7) is 4.50. The maximum absolute atomic E-state index is 10.7. The number of halogens is 1. The van der Waals surface area contributed by atoms with Crippen LogP contribution in [0.4, 0.5) is 0 Å². The van der Waals surface area contributed by atoms with Crippen molar-refractivity contribution in [3.63, 3.8) is 0 Å². The molecule has 0 rings (SSSR count). The Labute approximate surface area is 126 Å². The van der Waals surface area contributed by atoms with Crippen LogP contribution < -0.4 is 5.73 Å². The third-order valence-electron chi connectivity index (χ3n) is 2.06. The highest BCUT2D eigenvalue weighted by Gasteiger charge is 1.98. The van der Waals surface area contributed by atoms with E-state index in [1.807, 2.05) is 0 Å². The summed E-state index contributed by atoms with van der Waals surface area (Å²) in [7, 11) is 1.35. The Bertz CT molecular complexity index is 208. The van der Waals surface area contributed by atoms with Gasteiger partial charge in [-0.1, -0.05) is 0 Å². The van der Waals surface area contributed by atoms with Crippen LogP contribution in [0, 0.1) is 0 Å². The molecule has 0 heterocycles. The number of rotatable bonds is 14. The average Bonchev–Trinajstić information content (AvgIpc) is 2.43. The van der Waals surface area contributed by atoms with E-state index in [1.165, 1.54) is 7.11 Å². The minimum atomic E-state index is -0.272. The van der Waals surface area contributed by atoms with Gasteiger partial charge in [0, 0.05) is 6.54 Å². The van der Waals surface area contributed by atoms with Crippen molar-refractivity contribution in [3.05, 3.63) is 0 Å². The first kappa shape index (κ1) is 21.9. The van der Waals surface area contributed by atoms with Crippen LogP contribution in [0.5, 0.6) is 0 Å². The molecule has 0 aromatic heterocycles. The minimum absolute atomic E-state index is 0. The molecule has 7 nitrogen and oxygen atoms in total. The van der Waals surface area contributed by atoms with Gasteiger partial charge in [0.1, 0.15) is 0 Å². The Balaban J connectivity index is 0. The molecular weight excluding hydrogens is 290 g/mol. The van der Waals surface area contributed by atoms with Crippen molar-refractivity contribution in [1.29, 1.82) is 0 Å². The SMILES string of the molecule is COC(=O)CCOCCOCCOCCOCCN.Cl. The molecule has 0 radical (unpaired) electrons. The standard InChI is InChI=1S/C12H25NO6.ClH/c1-15-12(14)2-4-16-6-8-18-10-11-19-9-7-17-5-3-13;/h2-11,13H2,1H3;1H. The van der Waals surface area contributed by atoms with Crippen molar-refractivity contribution >= 4 is 18.4 Å². The molecule has 0 fully saturated rings. The summed E-state index contributed by atoms with van der Waals surface area (Å²) in [5.74, 6) is -0.272. The number of nitrogens with two attached hydrogens (primary N) is 1. The summed E-state index contributed by atoms with van der Waals surface area (Å²) >= 11 is 0. The molecule has 0 atom stereocenters. The topological polar surface area (TPSA) is 89.2 Å². The quantitative estimate of drug-likeness (QED) is 0.356. The lowest BCUT2D eigenvalue weighted by atomic mass is 10.5. The predicted molar refractivity (Wildman–Crippen MR) is 76.2 cm³/mol. The molecule has 0 bridgehead atoms. The summed E-state index contributed by atoms with van der Waals surface area (Å²) in [5, 5.41) is 0. The molecule has 0 aliphatic rings. The number of carbonyl (C=O) groups excluding carboxylic acids is 1. The largest absolute Gasteiger partial charge is 0.469 e. The van der Waals surface area contributed by atoms with Crippen LogP contribution in [-0.2, 0) is 28.5 Å². The number of hydrogen-bond acceptors (Lipinski definition) is 7. The highest BCUT2D eigenvalue weighted by Crippen LogP contribution is 1.87. The monoisotopic (exact) mass is 315 g/mol. The maximum Gasteiger partial charge on any atom is 0.307 e. The zero-order chi connectivity index (χ0) is 14.2. The second-order valence-corrected chi connectivity index (χ2v) is 3.56. The van der Waals surface area contributed by atoms with Gasteiger partial charge in [-0.2, -0.15) is 0 Å². The molecule has 0 aliphatic carbocycles. The van der Waals surface area contributed by atoms with Crippen molar-refractivity contribution in [3.8, 4) is 0 Å². The fraction of sp³-hybridized carbons (Fsp3) is 0.917. The van der Waals surface area contributed by atoms with E-state index in [0.717, 1.165) is 0 Å². The van der Waals surface area contributed by atoms with Crippen molar-refractivity contribution in [1.82, 2.24) is 0 Å². The van der Waals surface area contributed by atoms with E-state index in [4.69, 9.17) is 24.7 Å². The Morgan fingerprint density at radius 3 is 1.60 bits per heavy atom. The zero-order valence-electron chi connectivity index (χ0n) is 12.0. The van der Waals surface area contributed by atoms with Gasteiger partial charge in [0.05, 0.1) is 66.4 Å². The molecule has 0 spiro atoms. The smallest absolute Gasteiger partial charge is 0.307 e. The van der Waals surface area contributed by atoms with Crippen LogP contribution in [0.2, 0.25) is 0 Å². The first-order valence-electron chi connectivity index (χ1n) is 6.39. The van der Waals surface area contributed by atoms with Gasteiger partial charge in [0.25, 0.3) is 0 Å². The Morgan fingerprint density at radius 2 is 1.20 bits per heavy atom. The van der Waals surface area contributed by atoms with Crippen LogP contribution in [-0.4, -0.2) is 72.5 Å². The normalized spacial score (nSPS) is 10.1. The molecule has 0 aromatic carbocycles. The molecule has 2 N–H and O–H groups in total. The number of esters is 1. The summed E-state index contributed by atoms with van der Waals surface area (Å²) < 4.78 is 25.3. The Hall–Kier alpha value is -0.440. The Morgan fingerprint density at radius 1 is 0.800 bits per heavy atom. The van der Waals surface area contributed by atoms with Crippen molar-refractivity contribution in [2.45, 2.75) is 6.42 Å². The number of ether oxygens (including phenoxy) is 5. The molecule has 122 valence electrons. The average molecular weight is 316 g/mol. The number of hydrogen-bond donors (Lipinski definition) is 1. The third kappa shape index (κ3) is 17.6. The summed E-state index contributed by atoms with van der Waals surface area (Å²) in [5.41, 5.74) is 5.26. The highest BCUT2D eigenvalue weighted by atomic mass is 35.5. The van der Waals surface area contributed by atoms with E-state index in [9.17, 15) is 4.79 Å². The lowest BCUT2D eigenvalue weighted by Gasteiger charge is -2.06. The van der Waals surface area contributed by atoms with Crippen LogP contribution in [0.25, 0.3) is 0 Å². The summed E-state index contributed by atoms with van der Waals surface area (Å²) in [6.07, 6.45) is 0.266. The van der Waals surface area contributed by atoms with Gasteiger partial charge in [0.2, 0.25) is 0 Å². The van der Waals surface area contributed by atoms with Crippen molar-refractivity contribution in [2.24, 2.45) is 5.73 Å². The van der Waals surface area contributed by atoms with Gasteiger partial charge in [-0.25, -0.2) is 0 Å². The van der Waals surface area contributed by atoms with Crippen molar-refractivity contribution < 1.29 is 28.5 Å². The number of methoxy groups -OCH3 is 1. The predicted octanol–water partition coefficient (Wildman–Crippen LogP) is -0.00360. The van der Waals surface area contributed by atoms with E-state index < -0.39 is 0 Å². The first-order chi connectivity index (χ1) is 9.31. The van der Waals surface area contributed by atoms with Gasteiger partial charge in [0.15, 0.2) is 0 Å².